The van der Waals surface area contributed by atoms with Crippen molar-refractivity contribution in [3.63, 3.8) is 0 Å². The van der Waals surface area contributed by atoms with Crippen LogP contribution in [0, 0.1) is 6.92 Å². The summed E-state index contributed by atoms with van der Waals surface area (Å²) in [6.07, 6.45) is 0.350. The van der Waals surface area contributed by atoms with E-state index in [4.69, 9.17) is 0 Å². The number of fused-ring (bicyclic) bond motifs is 1. The maximum absolute atomic E-state index is 11.9. The molecular weight excluding hydrogens is 298 g/mol. The zero-order valence-electron chi connectivity index (χ0n) is 10.1. The lowest BCUT2D eigenvalue weighted by Crippen LogP contribution is -2.34. The van der Waals surface area contributed by atoms with Crippen molar-refractivity contribution in [3.8, 4) is 0 Å². The van der Waals surface area contributed by atoms with Gasteiger partial charge in [-0.25, -0.2) is 0 Å². The van der Waals surface area contributed by atoms with Crippen LogP contribution in [0.3, 0.4) is 0 Å². The van der Waals surface area contributed by atoms with Gasteiger partial charge in [0, 0.05) is 10.9 Å². The van der Waals surface area contributed by atoms with Crippen molar-refractivity contribution in [1.82, 2.24) is 0 Å². The normalized spacial score (nSPS) is 14.1. The quantitative estimate of drug-likeness (QED) is 0.805. The first-order chi connectivity index (χ1) is 8.45. The maximum atomic E-state index is 11.9. The standard InChI is InChI=1S/C13H12BrNO3/c1-3-9(16)6-15-11-7(2)4-8(14)5-10(11)12(17)13(15)18/h4-5H,3,6H2,1-2H3. The molecule has 0 aromatic heterocycles. The molecule has 0 saturated carbocycles. The summed E-state index contributed by atoms with van der Waals surface area (Å²) in [6.45, 7) is 3.52. The molecule has 1 amide bonds. The molecule has 0 bridgehead atoms. The van der Waals surface area contributed by atoms with Crippen LogP contribution in [-0.2, 0) is 9.59 Å². The van der Waals surface area contributed by atoms with Crippen molar-refractivity contribution < 1.29 is 14.4 Å². The van der Waals surface area contributed by atoms with Crippen LogP contribution >= 0.6 is 15.9 Å². The number of aryl methyl sites for hydroxylation is 1. The SMILES string of the molecule is CCC(=O)CN1C(=O)C(=O)c2cc(Br)cc(C)c21. The van der Waals surface area contributed by atoms with Gasteiger partial charge in [0.25, 0.3) is 11.7 Å². The van der Waals surface area contributed by atoms with Crippen molar-refractivity contribution in [2.75, 3.05) is 11.4 Å². The Kier molecular flexibility index (Phi) is 3.34. The summed E-state index contributed by atoms with van der Waals surface area (Å²) < 4.78 is 0.753. The maximum Gasteiger partial charge on any atom is 0.299 e. The summed E-state index contributed by atoms with van der Waals surface area (Å²) >= 11 is 3.30. The number of carbonyl (C=O) groups excluding carboxylic acids is 3. The van der Waals surface area contributed by atoms with Crippen molar-refractivity contribution in [1.29, 1.82) is 0 Å². The number of ketones is 2. The Bertz CT molecular complexity index is 566. The highest BCUT2D eigenvalue weighted by molar-refractivity contribution is 9.10. The van der Waals surface area contributed by atoms with E-state index in [9.17, 15) is 14.4 Å². The average Bonchev–Trinajstić information content (AvgIpc) is 2.54. The van der Waals surface area contributed by atoms with Crippen LogP contribution in [0.4, 0.5) is 5.69 Å². The summed E-state index contributed by atoms with van der Waals surface area (Å²) in [6, 6.07) is 3.45. The van der Waals surface area contributed by atoms with E-state index in [-0.39, 0.29) is 12.3 Å². The predicted molar refractivity (Wildman–Crippen MR) is 70.9 cm³/mol. The van der Waals surface area contributed by atoms with Gasteiger partial charge in [-0.3, -0.25) is 19.3 Å². The third-order valence-corrected chi connectivity index (χ3v) is 3.41. The van der Waals surface area contributed by atoms with Gasteiger partial charge in [-0.05, 0) is 24.6 Å². The molecule has 0 radical (unpaired) electrons. The minimum absolute atomic E-state index is 0.0312. The number of nitrogens with zero attached hydrogens (tertiary/aromatic N) is 1. The first-order valence-corrected chi connectivity index (χ1v) is 6.43. The third kappa shape index (κ3) is 1.99. The van der Waals surface area contributed by atoms with E-state index in [0.29, 0.717) is 17.7 Å². The number of hydrogen-bond donors (Lipinski definition) is 0. The Hall–Kier alpha value is -1.49. The van der Waals surface area contributed by atoms with Gasteiger partial charge in [0.05, 0.1) is 17.8 Å². The van der Waals surface area contributed by atoms with Crippen molar-refractivity contribution in [2.24, 2.45) is 0 Å². The van der Waals surface area contributed by atoms with Gasteiger partial charge in [0.15, 0.2) is 5.78 Å². The average molecular weight is 310 g/mol. The predicted octanol–water partition coefficient (Wildman–Crippen LogP) is 2.27. The van der Waals surface area contributed by atoms with Crippen LogP contribution in [0.25, 0.3) is 0 Å². The Balaban J connectivity index is 2.51. The Morgan fingerprint density at radius 1 is 1.33 bits per heavy atom. The van der Waals surface area contributed by atoms with Crippen molar-refractivity contribution in [2.45, 2.75) is 20.3 Å². The van der Waals surface area contributed by atoms with Gasteiger partial charge in [0.2, 0.25) is 0 Å². The first-order valence-electron chi connectivity index (χ1n) is 5.63. The van der Waals surface area contributed by atoms with E-state index < -0.39 is 11.7 Å². The molecule has 0 unspecified atom stereocenters. The molecule has 0 saturated heterocycles. The molecule has 1 heterocycles. The molecule has 4 nitrogen and oxygen atoms in total. The fraction of sp³-hybridized carbons (Fsp3) is 0.308. The lowest BCUT2D eigenvalue weighted by atomic mass is 10.1. The van der Waals surface area contributed by atoms with E-state index in [1.54, 1.807) is 13.0 Å². The Morgan fingerprint density at radius 3 is 2.61 bits per heavy atom. The molecule has 5 heteroatoms. The summed E-state index contributed by atoms with van der Waals surface area (Å²) in [5.41, 5.74) is 1.74. The fourth-order valence-electron chi connectivity index (χ4n) is 2.05. The van der Waals surface area contributed by atoms with Gasteiger partial charge in [-0.1, -0.05) is 22.9 Å². The Morgan fingerprint density at radius 2 is 2.00 bits per heavy atom. The van der Waals surface area contributed by atoms with E-state index >= 15 is 0 Å². The van der Waals surface area contributed by atoms with Crippen molar-refractivity contribution in [3.05, 3.63) is 27.7 Å². The van der Waals surface area contributed by atoms with Crippen molar-refractivity contribution >= 4 is 39.1 Å². The topological polar surface area (TPSA) is 54.5 Å². The van der Waals surface area contributed by atoms with Crippen LogP contribution in [0.2, 0.25) is 0 Å². The molecule has 2 rings (SSSR count). The smallest absolute Gasteiger partial charge is 0.298 e. The summed E-state index contributed by atoms with van der Waals surface area (Å²) in [4.78, 5) is 36.5. The van der Waals surface area contributed by atoms with Gasteiger partial charge in [-0.2, -0.15) is 0 Å². The molecule has 18 heavy (non-hydrogen) atoms. The number of Topliss-reactive ketones (excluding diaryl/α,β-unsaturated/α-hetero) is 2. The largest absolute Gasteiger partial charge is 0.299 e. The molecule has 0 N–H and O–H groups in total. The summed E-state index contributed by atoms with van der Waals surface area (Å²) in [7, 11) is 0. The highest BCUT2D eigenvalue weighted by atomic mass is 79.9. The van der Waals surface area contributed by atoms with Crippen LogP contribution in [0.5, 0.6) is 0 Å². The Labute approximate surface area is 113 Å². The molecule has 0 aliphatic carbocycles. The molecule has 0 atom stereocenters. The number of amides is 1. The first kappa shape index (κ1) is 13.0. The molecule has 0 spiro atoms. The molecule has 1 aromatic rings. The fourth-order valence-corrected chi connectivity index (χ4v) is 2.62. The highest BCUT2D eigenvalue weighted by Crippen LogP contribution is 2.34. The van der Waals surface area contributed by atoms with Gasteiger partial charge >= 0.3 is 0 Å². The second kappa shape index (κ2) is 4.65. The summed E-state index contributed by atoms with van der Waals surface area (Å²) in [5, 5.41) is 0. The number of rotatable bonds is 3. The van der Waals surface area contributed by atoms with Crippen LogP contribution in [0.15, 0.2) is 16.6 Å². The summed E-state index contributed by atoms with van der Waals surface area (Å²) in [5.74, 6) is -1.22. The highest BCUT2D eigenvalue weighted by Gasteiger charge is 2.37. The zero-order chi connectivity index (χ0) is 13.4. The monoisotopic (exact) mass is 309 g/mol. The number of anilines is 1. The number of carbonyl (C=O) groups is 3. The van der Waals surface area contributed by atoms with E-state index in [0.717, 1.165) is 10.0 Å². The number of halogens is 1. The molecular formula is C13H12BrNO3. The zero-order valence-corrected chi connectivity index (χ0v) is 11.7. The second-order valence-corrected chi connectivity index (χ2v) is 5.15. The second-order valence-electron chi connectivity index (χ2n) is 4.23. The van der Waals surface area contributed by atoms with Crippen LogP contribution < -0.4 is 4.90 Å². The molecule has 1 aromatic carbocycles. The molecule has 0 fully saturated rings. The van der Waals surface area contributed by atoms with Crippen LogP contribution in [0.1, 0.15) is 29.3 Å². The van der Waals surface area contributed by atoms with Gasteiger partial charge in [0.1, 0.15) is 0 Å². The third-order valence-electron chi connectivity index (χ3n) is 2.95. The van der Waals surface area contributed by atoms with Gasteiger partial charge < -0.3 is 0 Å². The lowest BCUT2D eigenvalue weighted by molar-refractivity contribution is -0.120. The lowest BCUT2D eigenvalue weighted by Gasteiger charge is -2.17. The van der Waals surface area contributed by atoms with E-state index in [1.807, 2.05) is 13.0 Å². The minimum Gasteiger partial charge on any atom is -0.298 e. The number of hydrogen-bond acceptors (Lipinski definition) is 3. The van der Waals surface area contributed by atoms with E-state index in [2.05, 4.69) is 15.9 Å². The molecule has 1 aliphatic heterocycles. The van der Waals surface area contributed by atoms with E-state index in [1.165, 1.54) is 4.90 Å². The van der Waals surface area contributed by atoms with Crippen LogP contribution in [-0.4, -0.2) is 24.0 Å². The molecule has 1 aliphatic rings. The minimum atomic E-state index is -0.618. The van der Waals surface area contributed by atoms with Gasteiger partial charge in [-0.15, -0.1) is 0 Å². The molecule has 94 valence electrons. The number of benzene rings is 1.